The molecule has 4 rings (SSSR count). The lowest BCUT2D eigenvalue weighted by molar-refractivity contribution is -0.137. The van der Waals surface area contributed by atoms with Crippen LogP contribution >= 0.6 is 0 Å². The number of hydrogen-bond acceptors (Lipinski definition) is 3. The Morgan fingerprint density at radius 3 is 2.42 bits per heavy atom. The van der Waals surface area contributed by atoms with Crippen LogP contribution in [0.15, 0.2) is 71.5 Å². The molecule has 8 heteroatoms. The number of hydrogen-bond donors (Lipinski definition) is 0. The lowest BCUT2D eigenvalue weighted by atomic mass is 10.0. The Labute approximate surface area is 174 Å². The molecule has 0 N–H and O–H groups in total. The van der Waals surface area contributed by atoms with Gasteiger partial charge >= 0.3 is 6.18 Å². The molecule has 0 fully saturated rings. The summed E-state index contributed by atoms with van der Waals surface area (Å²) in [7, 11) is 1.44. The topological polar surface area (TPSA) is 44.1 Å². The molecule has 0 unspecified atom stereocenters. The molecule has 0 atom stereocenters. The second-order valence-corrected chi connectivity index (χ2v) is 6.88. The van der Waals surface area contributed by atoms with E-state index in [1.165, 1.54) is 23.8 Å². The summed E-state index contributed by atoms with van der Waals surface area (Å²) < 4.78 is 61.0. The first kappa shape index (κ1) is 20.6. The van der Waals surface area contributed by atoms with Gasteiger partial charge < -0.3 is 4.74 Å². The maximum Gasteiger partial charge on any atom is 0.417 e. The van der Waals surface area contributed by atoms with E-state index in [9.17, 15) is 22.4 Å². The Hall–Kier alpha value is -3.68. The van der Waals surface area contributed by atoms with E-state index in [2.05, 4.69) is 4.98 Å². The zero-order valence-corrected chi connectivity index (χ0v) is 16.3. The summed E-state index contributed by atoms with van der Waals surface area (Å²) in [5.41, 5.74) is -1.19. The minimum Gasteiger partial charge on any atom is -0.497 e. The lowest BCUT2D eigenvalue weighted by Crippen LogP contribution is -2.25. The zero-order valence-electron chi connectivity index (χ0n) is 16.3. The second kappa shape index (κ2) is 7.86. The number of ether oxygens (including phenoxy) is 1. The van der Waals surface area contributed by atoms with Crippen molar-refractivity contribution in [3.05, 3.63) is 94.0 Å². The predicted molar refractivity (Wildman–Crippen MR) is 108 cm³/mol. The smallest absolute Gasteiger partial charge is 0.417 e. The molecule has 0 aliphatic carbocycles. The molecule has 158 valence electrons. The first-order valence-corrected chi connectivity index (χ1v) is 9.27. The summed E-state index contributed by atoms with van der Waals surface area (Å²) in [5, 5.41) is 0.203. The molecular weight excluding hydrogens is 412 g/mol. The zero-order chi connectivity index (χ0) is 22.2. The minimum absolute atomic E-state index is 0.0101. The summed E-state index contributed by atoms with van der Waals surface area (Å²) in [6, 6.07) is 15.7. The quantitative estimate of drug-likeness (QED) is 0.416. The van der Waals surface area contributed by atoms with Crippen molar-refractivity contribution < 1.29 is 22.3 Å². The Kier molecular flexibility index (Phi) is 5.22. The second-order valence-electron chi connectivity index (χ2n) is 6.88. The first-order valence-electron chi connectivity index (χ1n) is 9.27. The van der Waals surface area contributed by atoms with Gasteiger partial charge in [0.1, 0.15) is 17.4 Å². The van der Waals surface area contributed by atoms with Crippen LogP contribution in [0.5, 0.6) is 5.75 Å². The Balaban J connectivity index is 2.05. The van der Waals surface area contributed by atoms with Crippen molar-refractivity contribution in [3.8, 4) is 17.1 Å². The van der Waals surface area contributed by atoms with Gasteiger partial charge in [-0.1, -0.05) is 30.3 Å². The minimum atomic E-state index is -4.83. The summed E-state index contributed by atoms with van der Waals surface area (Å²) in [6.07, 6.45) is -4.83. The molecule has 0 aliphatic rings. The number of fused-ring (bicyclic) bond motifs is 1. The van der Waals surface area contributed by atoms with Gasteiger partial charge in [0.2, 0.25) is 0 Å². The highest BCUT2D eigenvalue weighted by Gasteiger charge is 2.35. The molecule has 3 aromatic carbocycles. The number of nitrogens with zero attached hydrogens (tertiary/aromatic N) is 2. The van der Waals surface area contributed by atoms with Gasteiger partial charge in [0.05, 0.1) is 30.1 Å². The molecule has 0 saturated carbocycles. The maximum absolute atomic E-state index is 13.7. The van der Waals surface area contributed by atoms with Crippen LogP contribution in [-0.2, 0) is 12.7 Å². The number of alkyl halides is 3. The number of methoxy groups -OCH3 is 1. The molecule has 0 radical (unpaired) electrons. The van der Waals surface area contributed by atoms with Crippen LogP contribution in [0.3, 0.4) is 0 Å². The molecule has 0 bridgehead atoms. The monoisotopic (exact) mass is 428 g/mol. The van der Waals surface area contributed by atoms with E-state index in [0.717, 1.165) is 12.1 Å². The van der Waals surface area contributed by atoms with Gasteiger partial charge in [-0.2, -0.15) is 13.2 Å². The molecule has 31 heavy (non-hydrogen) atoms. The van der Waals surface area contributed by atoms with Gasteiger partial charge in [0.25, 0.3) is 5.56 Å². The predicted octanol–water partition coefficient (Wildman–Crippen LogP) is 5.28. The van der Waals surface area contributed by atoms with Crippen LogP contribution < -0.4 is 10.3 Å². The molecule has 1 heterocycles. The van der Waals surface area contributed by atoms with Crippen molar-refractivity contribution >= 4 is 10.9 Å². The number of benzene rings is 3. The Bertz CT molecular complexity index is 1320. The van der Waals surface area contributed by atoms with E-state index < -0.39 is 23.1 Å². The number of rotatable bonds is 4. The average molecular weight is 428 g/mol. The van der Waals surface area contributed by atoms with Gasteiger partial charge in [-0.05, 0) is 42.0 Å². The molecule has 1 aromatic heterocycles. The fourth-order valence-electron chi connectivity index (χ4n) is 3.39. The Morgan fingerprint density at radius 2 is 1.74 bits per heavy atom. The lowest BCUT2D eigenvalue weighted by Gasteiger charge is -2.18. The van der Waals surface area contributed by atoms with Crippen molar-refractivity contribution in [2.75, 3.05) is 7.11 Å². The first-order chi connectivity index (χ1) is 14.8. The van der Waals surface area contributed by atoms with Gasteiger partial charge in [-0.15, -0.1) is 0 Å². The van der Waals surface area contributed by atoms with Crippen LogP contribution in [0.1, 0.15) is 11.1 Å². The third-order valence-electron chi connectivity index (χ3n) is 4.87. The van der Waals surface area contributed by atoms with E-state index in [-0.39, 0.29) is 28.8 Å². The standard InChI is InChI=1S/C23H16F4N2O2/c1-31-16-8-10-20-18(12-16)22(30)29(13-14-5-3-2-4-6-14)21(28-20)17-9-7-15(24)11-19(17)23(25,26)27/h2-12H,13H2,1H3. The van der Waals surface area contributed by atoms with E-state index in [1.807, 2.05) is 0 Å². The van der Waals surface area contributed by atoms with E-state index in [1.54, 1.807) is 36.4 Å². The van der Waals surface area contributed by atoms with E-state index >= 15 is 0 Å². The number of aromatic nitrogens is 2. The van der Waals surface area contributed by atoms with Crippen LogP contribution in [0.4, 0.5) is 17.6 Å². The summed E-state index contributed by atoms with van der Waals surface area (Å²) in [5.74, 6) is -0.805. The SMILES string of the molecule is COc1ccc2nc(-c3ccc(F)cc3C(F)(F)F)n(Cc3ccccc3)c(=O)c2c1. The normalized spacial score (nSPS) is 11.6. The van der Waals surface area contributed by atoms with Crippen molar-refractivity contribution in [2.24, 2.45) is 0 Å². The highest BCUT2D eigenvalue weighted by atomic mass is 19.4. The molecular formula is C23H16F4N2O2. The highest BCUT2D eigenvalue weighted by molar-refractivity contribution is 5.81. The van der Waals surface area contributed by atoms with Crippen molar-refractivity contribution in [3.63, 3.8) is 0 Å². The molecule has 0 spiro atoms. The van der Waals surface area contributed by atoms with Gasteiger partial charge in [-0.3, -0.25) is 9.36 Å². The molecule has 0 aliphatic heterocycles. The summed E-state index contributed by atoms with van der Waals surface area (Å²) in [6.45, 7) is -0.0101. The number of halogens is 4. The molecule has 0 amide bonds. The van der Waals surface area contributed by atoms with Gasteiger partial charge in [0.15, 0.2) is 0 Å². The fraction of sp³-hybridized carbons (Fsp3) is 0.130. The van der Waals surface area contributed by atoms with Crippen LogP contribution in [0.2, 0.25) is 0 Å². The average Bonchev–Trinajstić information content (AvgIpc) is 2.75. The van der Waals surface area contributed by atoms with E-state index in [0.29, 0.717) is 17.4 Å². The highest BCUT2D eigenvalue weighted by Crippen LogP contribution is 2.37. The molecule has 4 nitrogen and oxygen atoms in total. The maximum atomic E-state index is 13.7. The van der Waals surface area contributed by atoms with Crippen molar-refractivity contribution in [1.82, 2.24) is 9.55 Å². The van der Waals surface area contributed by atoms with Gasteiger partial charge in [-0.25, -0.2) is 9.37 Å². The third kappa shape index (κ3) is 4.01. The van der Waals surface area contributed by atoms with Crippen LogP contribution in [0, 0.1) is 5.82 Å². The Morgan fingerprint density at radius 1 is 1.00 bits per heavy atom. The summed E-state index contributed by atoms with van der Waals surface area (Å²) in [4.78, 5) is 17.7. The van der Waals surface area contributed by atoms with Crippen LogP contribution in [0.25, 0.3) is 22.3 Å². The largest absolute Gasteiger partial charge is 0.497 e. The van der Waals surface area contributed by atoms with Gasteiger partial charge in [0, 0.05) is 5.56 Å². The van der Waals surface area contributed by atoms with E-state index in [4.69, 9.17) is 4.74 Å². The van der Waals surface area contributed by atoms with Crippen molar-refractivity contribution in [2.45, 2.75) is 12.7 Å². The van der Waals surface area contributed by atoms with Crippen LogP contribution in [-0.4, -0.2) is 16.7 Å². The van der Waals surface area contributed by atoms with Crippen molar-refractivity contribution in [1.29, 1.82) is 0 Å². The molecule has 0 saturated heterocycles. The molecule has 4 aromatic rings. The summed E-state index contributed by atoms with van der Waals surface area (Å²) >= 11 is 0. The fourth-order valence-corrected chi connectivity index (χ4v) is 3.39. The third-order valence-corrected chi connectivity index (χ3v) is 4.87.